The highest BCUT2D eigenvalue weighted by Gasteiger charge is 2.19. The van der Waals surface area contributed by atoms with E-state index in [-0.39, 0.29) is 29.0 Å². The van der Waals surface area contributed by atoms with Gasteiger partial charge in [0.15, 0.2) is 5.13 Å². The highest BCUT2D eigenvalue weighted by molar-refractivity contribution is 7.89. The molecule has 0 bridgehead atoms. The number of anilines is 1. The summed E-state index contributed by atoms with van der Waals surface area (Å²) in [4.78, 5) is 30.7. The summed E-state index contributed by atoms with van der Waals surface area (Å²) in [6.45, 7) is 8.68. The summed E-state index contributed by atoms with van der Waals surface area (Å²) in [5.41, 5.74) is 5.71. The van der Waals surface area contributed by atoms with Gasteiger partial charge < -0.3 is 9.64 Å². The molecule has 2 heterocycles. The van der Waals surface area contributed by atoms with Crippen molar-refractivity contribution < 1.29 is 22.7 Å². The monoisotopic (exact) mass is 495 g/mol. The summed E-state index contributed by atoms with van der Waals surface area (Å²) in [7, 11) is -3.74. The minimum absolute atomic E-state index is 0.0825. The Morgan fingerprint density at radius 1 is 1.12 bits per heavy atom. The van der Waals surface area contributed by atoms with E-state index in [1.165, 1.54) is 11.3 Å². The topological polar surface area (TPSA) is 130 Å². The molecule has 3 rings (SSSR count). The first-order valence-electron chi connectivity index (χ1n) is 10.5. The minimum Gasteiger partial charge on any atom is -0.378 e. The van der Waals surface area contributed by atoms with Crippen molar-refractivity contribution in [2.24, 2.45) is 0 Å². The Labute approximate surface area is 197 Å². The molecule has 1 fully saturated rings. The number of nitrogens with one attached hydrogen (secondary N) is 3. The van der Waals surface area contributed by atoms with Crippen LogP contribution in [0.5, 0.6) is 0 Å². The van der Waals surface area contributed by atoms with Crippen LogP contribution in [0.25, 0.3) is 0 Å². The third kappa shape index (κ3) is 6.97. The minimum atomic E-state index is -3.74. The zero-order valence-electron chi connectivity index (χ0n) is 18.9. The maximum Gasteiger partial charge on any atom is 0.289 e. The molecule has 0 saturated carbocycles. The lowest BCUT2D eigenvalue weighted by atomic mass is 9.87. The normalized spacial score (nSPS) is 14.7. The van der Waals surface area contributed by atoms with Gasteiger partial charge in [-0.15, -0.1) is 11.3 Å². The maximum atomic E-state index is 12.4. The first kappa shape index (κ1) is 25.1. The van der Waals surface area contributed by atoms with Crippen LogP contribution in [0.1, 0.15) is 43.2 Å². The third-order valence-corrected chi connectivity index (χ3v) is 7.37. The van der Waals surface area contributed by atoms with Crippen molar-refractivity contribution in [2.75, 3.05) is 37.7 Å². The summed E-state index contributed by atoms with van der Waals surface area (Å²) in [5, 5.41) is 2.34. The second kappa shape index (κ2) is 10.6. The van der Waals surface area contributed by atoms with E-state index in [1.54, 1.807) is 29.6 Å². The van der Waals surface area contributed by atoms with Crippen molar-refractivity contribution in [1.29, 1.82) is 0 Å². The second-order valence-electron chi connectivity index (χ2n) is 8.54. The summed E-state index contributed by atoms with van der Waals surface area (Å²) in [6, 6.07) is 6.64. The fourth-order valence-electron chi connectivity index (χ4n) is 3.04. The first-order valence-corrected chi connectivity index (χ1v) is 12.9. The lowest BCUT2D eigenvalue weighted by molar-refractivity contribution is -0.121. The number of ether oxygens (including phenoxy) is 1. The van der Waals surface area contributed by atoms with Crippen molar-refractivity contribution in [3.8, 4) is 0 Å². The average Bonchev–Trinajstić information content (AvgIpc) is 3.28. The highest BCUT2D eigenvalue weighted by atomic mass is 32.2. The van der Waals surface area contributed by atoms with Gasteiger partial charge in [0.1, 0.15) is 5.69 Å². The van der Waals surface area contributed by atoms with Crippen LogP contribution >= 0.6 is 11.3 Å². The molecule has 10 nitrogen and oxygen atoms in total. The van der Waals surface area contributed by atoms with Gasteiger partial charge in [-0.05, 0) is 23.1 Å². The van der Waals surface area contributed by atoms with E-state index in [0.29, 0.717) is 26.3 Å². The average molecular weight is 496 g/mol. The number of rotatable bonds is 7. The molecule has 0 spiro atoms. The van der Waals surface area contributed by atoms with Crippen molar-refractivity contribution >= 4 is 38.3 Å². The molecule has 12 heteroatoms. The molecule has 0 aliphatic carbocycles. The van der Waals surface area contributed by atoms with Crippen LogP contribution in [-0.4, -0.2) is 58.1 Å². The van der Waals surface area contributed by atoms with Gasteiger partial charge in [-0.3, -0.25) is 20.4 Å². The number of hydrogen-bond acceptors (Lipinski definition) is 8. The van der Waals surface area contributed by atoms with Crippen LogP contribution in [0.3, 0.4) is 0 Å². The van der Waals surface area contributed by atoms with E-state index in [2.05, 4.69) is 20.6 Å². The van der Waals surface area contributed by atoms with E-state index in [4.69, 9.17) is 4.74 Å². The lowest BCUT2D eigenvalue weighted by Crippen LogP contribution is -2.43. The number of sulfonamides is 1. The quantitative estimate of drug-likeness (QED) is 0.495. The Morgan fingerprint density at radius 2 is 1.79 bits per heavy atom. The maximum absolute atomic E-state index is 12.4. The second-order valence-corrected chi connectivity index (χ2v) is 11.1. The summed E-state index contributed by atoms with van der Waals surface area (Å²) < 4.78 is 32.6. The molecule has 33 heavy (non-hydrogen) atoms. The van der Waals surface area contributed by atoms with Gasteiger partial charge in [0, 0.05) is 31.4 Å². The molecule has 0 radical (unpaired) electrons. The van der Waals surface area contributed by atoms with Crippen LogP contribution in [0.2, 0.25) is 0 Å². The molecule has 1 aromatic carbocycles. The molecular weight excluding hydrogens is 466 g/mol. The Balaban J connectivity index is 1.43. The molecule has 2 aromatic rings. The number of nitrogens with zero attached hydrogens (tertiary/aromatic N) is 2. The highest BCUT2D eigenvalue weighted by Crippen LogP contribution is 2.23. The zero-order valence-corrected chi connectivity index (χ0v) is 20.5. The summed E-state index contributed by atoms with van der Waals surface area (Å²) >= 11 is 1.34. The predicted octanol–water partition coefficient (Wildman–Crippen LogP) is 1.41. The van der Waals surface area contributed by atoms with Crippen LogP contribution in [0.15, 0.2) is 34.5 Å². The van der Waals surface area contributed by atoms with Crippen LogP contribution in [0.4, 0.5) is 5.13 Å². The number of amides is 2. The standard InChI is InChI=1S/C21H29N5O5S2/c1-21(2,3)15-4-6-16(7-5-15)33(29,30)22-9-8-18(27)24-25-19(28)17-14-32-20(23-17)26-10-12-31-13-11-26/h4-7,14,22H,8-13H2,1-3H3,(H,24,27)(H,25,28). The summed E-state index contributed by atoms with van der Waals surface area (Å²) in [6.07, 6.45) is -0.143. The van der Waals surface area contributed by atoms with Crippen molar-refractivity contribution in [2.45, 2.75) is 37.5 Å². The molecule has 1 aliphatic heterocycles. The van der Waals surface area contributed by atoms with E-state index in [0.717, 1.165) is 10.7 Å². The van der Waals surface area contributed by atoms with Gasteiger partial charge in [-0.1, -0.05) is 32.9 Å². The van der Waals surface area contributed by atoms with Crippen LogP contribution < -0.4 is 20.5 Å². The molecular formula is C21H29N5O5S2. The van der Waals surface area contributed by atoms with Gasteiger partial charge in [-0.2, -0.15) is 0 Å². The van der Waals surface area contributed by atoms with Crippen LogP contribution in [0, 0.1) is 0 Å². The number of morpholine rings is 1. The molecule has 1 aromatic heterocycles. The first-order chi connectivity index (χ1) is 15.6. The number of benzene rings is 1. The molecule has 0 atom stereocenters. The van der Waals surface area contributed by atoms with Crippen molar-refractivity contribution in [3.05, 3.63) is 40.9 Å². The number of thiazole rings is 1. The van der Waals surface area contributed by atoms with E-state index in [9.17, 15) is 18.0 Å². The van der Waals surface area contributed by atoms with E-state index >= 15 is 0 Å². The number of hydrogen-bond donors (Lipinski definition) is 3. The van der Waals surface area contributed by atoms with Crippen molar-refractivity contribution in [1.82, 2.24) is 20.6 Å². The molecule has 1 saturated heterocycles. The van der Waals surface area contributed by atoms with Gasteiger partial charge >= 0.3 is 0 Å². The Morgan fingerprint density at radius 3 is 2.42 bits per heavy atom. The summed E-state index contributed by atoms with van der Waals surface area (Å²) in [5.74, 6) is -1.07. The van der Waals surface area contributed by atoms with Gasteiger partial charge in [0.05, 0.1) is 18.1 Å². The van der Waals surface area contributed by atoms with Gasteiger partial charge in [-0.25, -0.2) is 18.1 Å². The van der Waals surface area contributed by atoms with E-state index in [1.807, 2.05) is 25.7 Å². The SMILES string of the molecule is CC(C)(C)c1ccc(S(=O)(=O)NCCC(=O)NNC(=O)c2csc(N3CCOCC3)n2)cc1. The Hall–Kier alpha value is -2.54. The van der Waals surface area contributed by atoms with Gasteiger partial charge in [0.2, 0.25) is 15.9 Å². The number of hydrazine groups is 1. The molecule has 180 valence electrons. The molecule has 3 N–H and O–H groups in total. The number of aromatic nitrogens is 1. The fraction of sp³-hybridized carbons (Fsp3) is 0.476. The predicted molar refractivity (Wildman–Crippen MR) is 126 cm³/mol. The molecule has 0 unspecified atom stereocenters. The zero-order chi connectivity index (χ0) is 24.1. The van der Waals surface area contributed by atoms with Crippen molar-refractivity contribution in [3.63, 3.8) is 0 Å². The van der Waals surface area contributed by atoms with Gasteiger partial charge in [0.25, 0.3) is 5.91 Å². The smallest absolute Gasteiger partial charge is 0.289 e. The number of carbonyl (C=O) groups excluding carboxylic acids is 2. The molecule has 2 amide bonds. The molecule has 1 aliphatic rings. The third-order valence-electron chi connectivity index (χ3n) is 5.00. The van der Waals surface area contributed by atoms with E-state index < -0.39 is 21.8 Å². The Kier molecular flexibility index (Phi) is 8.05. The number of carbonyl (C=O) groups is 2. The van der Waals surface area contributed by atoms with Crippen LogP contribution in [-0.2, 0) is 25.0 Å². The largest absolute Gasteiger partial charge is 0.378 e. The Bertz CT molecular complexity index is 1070. The fourth-order valence-corrected chi connectivity index (χ4v) is 4.93. The lowest BCUT2D eigenvalue weighted by Gasteiger charge is -2.25.